The zero-order valence-corrected chi connectivity index (χ0v) is 12.4. The van der Waals surface area contributed by atoms with Crippen molar-refractivity contribution >= 4 is 0 Å². The van der Waals surface area contributed by atoms with Crippen LogP contribution in [0.2, 0.25) is 0 Å². The highest BCUT2D eigenvalue weighted by molar-refractivity contribution is 5.40. The molecule has 3 nitrogen and oxygen atoms in total. The Morgan fingerprint density at radius 2 is 2.15 bits per heavy atom. The molecule has 1 aliphatic rings. The van der Waals surface area contributed by atoms with E-state index in [0.29, 0.717) is 0 Å². The van der Waals surface area contributed by atoms with Crippen molar-refractivity contribution in [1.82, 2.24) is 15.1 Å². The number of benzene rings is 1. The van der Waals surface area contributed by atoms with Crippen molar-refractivity contribution in [3.63, 3.8) is 0 Å². The molecular formula is C17H23N3. The quantitative estimate of drug-likeness (QED) is 0.813. The maximum absolute atomic E-state index is 4.69. The summed E-state index contributed by atoms with van der Waals surface area (Å²) in [5, 5.41) is 8.15. The third-order valence-electron chi connectivity index (χ3n) is 3.94. The first-order valence-corrected chi connectivity index (χ1v) is 7.64. The lowest BCUT2D eigenvalue weighted by molar-refractivity contribution is 0.673. The second-order valence-electron chi connectivity index (χ2n) is 5.75. The summed E-state index contributed by atoms with van der Waals surface area (Å²) in [6.45, 7) is 6.40. The van der Waals surface area contributed by atoms with Crippen molar-refractivity contribution in [2.24, 2.45) is 0 Å². The predicted molar refractivity (Wildman–Crippen MR) is 82.3 cm³/mol. The molecule has 0 radical (unpaired) electrons. The van der Waals surface area contributed by atoms with Crippen molar-refractivity contribution in [3.8, 4) is 5.69 Å². The molecule has 0 bridgehead atoms. The maximum Gasteiger partial charge on any atom is 0.0659 e. The summed E-state index contributed by atoms with van der Waals surface area (Å²) in [5.74, 6) is 0.717. The van der Waals surface area contributed by atoms with Crippen molar-refractivity contribution in [1.29, 1.82) is 0 Å². The van der Waals surface area contributed by atoms with E-state index >= 15 is 0 Å². The molecule has 106 valence electrons. The molecule has 1 N–H and O–H groups in total. The molecule has 0 atom stereocenters. The van der Waals surface area contributed by atoms with E-state index in [1.165, 1.54) is 36.1 Å². The predicted octanol–water partition coefficient (Wildman–Crippen LogP) is 3.56. The van der Waals surface area contributed by atoms with Crippen LogP contribution in [0.3, 0.4) is 0 Å². The first-order valence-electron chi connectivity index (χ1n) is 7.64. The molecule has 0 amide bonds. The van der Waals surface area contributed by atoms with Gasteiger partial charge < -0.3 is 5.32 Å². The summed E-state index contributed by atoms with van der Waals surface area (Å²) < 4.78 is 2.00. The fourth-order valence-electron chi connectivity index (χ4n) is 2.50. The van der Waals surface area contributed by atoms with Crippen LogP contribution in [0.1, 0.15) is 48.9 Å². The Hall–Kier alpha value is -1.61. The van der Waals surface area contributed by atoms with Crippen molar-refractivity contribution in [3.05, 3.63) is 47.3 Å². The molecule has 1 aliphatic carbocycles. The Labute approximate surface area is 121 Å². The van der Waals surface area contributed by atoms with Crippen molar-refractivity contribution in [2.45, 2.75) is 45.6 Å². The molecule has 20 heavy (non-hydrogen) atoms. The lowest BCUT2D eigenvalue weighted by Gasteiger charge is -2.09. The average Bonchev–Trinajstić information content (AvgIpc) is 3.18. The van der Waals surface area contributed by atoms with Crippen LogP contribution >= 0.6 is 0 Å². The van der Waals surface area contributed by atoms with Crippen LogP contribution in [0, 0.1) is 6.92 Å². The molecule has 1 aromatic heterocycles. The Kier molecular flexibility index (Phi) is 3.88. The maximum atomic E-state index is 4.69. The van der Waals surface area contributed by atoms with Gasteiger partial charge in [0.1, 0.15) is 0 Å². The highest BCUT2D eigenvalue weighted by Crippen LogP contribution is 2.39. The van der Waals surface area contributed by atoms with Gasteiger partial charge in [0.2, 0.25) is 0 Å². The largest absolute Gasteiger partial charge is 0.313 e. The van der Waals surface area contributed by atoms with Crippen LogP contribution < -0.4 is 5.32 Å². The van der Waals surface area contributed by atoms with Gasteiger partial charge in [-0.15, -0.1) is 0 Å². The highest BCUT2D eigenvalue weighted by atomic mass is 15.3. The molecule has 1 saturated carbocycles. The topological polar surface area (TPSA) is 29.9 Å². The van der Waals surface area contributed by atoms with Crippen molar-refractivity contribution in [2.75, 3.05) is 6.54 Å². The molecule has 0 aliphatic heterocycles. The Morgan fingerprint density at radius 1 is 1.30 bits per heavy atom. The minimum absolute atomic E-state index is 0.717. The number of rotatable bonds is 6. The van der Waals surface area contributed by atoms with Crippen LogP contribution in [0.4, 0.5) is 0 Å². The smallest absolute Gasteiger partial charge is 0.0659 e. The summed E-state index contributed by atoms with van der Waals surface area (Å²) in [6, 6.07) is 8.77. The van der Waals surface area contributed by atoms with Gasteiger partial charge in [-0.3, -0.25) is 0 Å². The van der Waals surface area contributed by atoms with Gasteiger partial charge in [-0.1, -0.05) is 13.0 Å². The first kappa shape index (κ1) is 13.4. The van der Waals surface area contributed by atoms with Gasteiger partial charge in [0.25, 0.3) is 0 Å². The van der Waals surface area contributed by atoms with Gasteiger partial charge in [-0.2, -0.15) is 5.10 Å². The molecule has 0 unspecified atom stereocenters. The number of nitrogens with one attached hydrogen (secondary N) is 1. The van der Waals surface area contributed by atoms with E-state index in [4.69, 9.17) is 0 Å². The van der Waals surface area contributed by atoms with Crippen LogP contribution in [0.15, 0.2) is 30.5 Å². The summed E-state index contributed by atoms with van der Waals surface area (Å²) >= 11 is 0. The Morgan fingerprint density at radius 3 is 2.85 bits per heavy atom. The lowest BCUT2D eigenvalue weighted by atomic mass is 10.1. The molecule has 1 fully saturated rings. The van der Waals surface area contributed by atoms with E-state index in [1.54, 1.807) is 0 Å². The van der Waals surface area contributed by atoms with E-state index in [0.717, 1.165) is 24.7 Å². The van der Waals surface area contributed by atoms with Crippen LogP contribution in [-0.2, 0) is 6.54 Å². The van der Waals surface area contributed by atoms with E-state index in [2.05, 4.69) is 54.7 Å². The van der Waals surface area contributed by atoms with Crippen LogP contribution in [-0.4, -0.2) is 16.3 Å². The average molecular weight is 269 g/mol. The molecule has 2 aromatic rings. The van der Waals surface area contributed by atoms with Gasteiger partial charge in [-0.25, -0.2) is 4.68 Å². The SMILES string of the molecule is CCCNCc1ccc(-n2ccc(C3CC3)n2)cc1C. The van der Waals surface area contributed by atoms with Gasteiger partial charge >= 0.3 is 0 Å². The zero-order valence-electron chi connectivity index (χ0n) is 12.4. The molecule has 0 spiro atoms. The number of aromatic nitrogens is 2. The van der Waals surface area contributed by atoms with E-state index < -0.39 is 0 Å². The minimum atomic E-state index is 0.717. The fraction of sp³-hybridized carbons (Fsp3) is 0.471. The Bertz CT molecular complexity index is 582. The highest BCUT2D eigenvalue weighted by Gasteiger charge is 2.25. The summed E-state index contributed by atoms with van der Waals surface area (Å²) in [7, 11) is 0. The minimum Gasteiger partial charge on any atom is -0.313 e. The van der Waals surface area contributed by atoms with Gasteiger partial charge in [0.05, 0.1) is 11.4 Å². The fourth-order valence-corrected chi connectivity index (χ4v) is 2.50. The molecular weight excluding hydrogens is 246 g/mol. The Balaban J connectivity index is 1.74. The number of nitrogens with zero attached hydrogens (tertiary/aromatic N) is 2. The summed E-state index contributed by atoms with van der Waals surface area (Å²) in [6.07, 6.45) is 5.86. The van der Waals surface area contributed by atoms with Gasteiger partial charge in [0, 0.05) is 18.7 Å². The number of hydrogen-bond donors (Lipinski definition) is 1. The van der Waals surface area contributed by atoms with E-state index in [9.17, 15) is 0 Å². The van der Waals surface area contributed by atoms with Gasteiger partial charge in [-0.05, 0) is 62.1 Å². The van der Waals surface area contributed by atoms with Crippen molar-refractivity contribution < 1.29 is 0 Å². The van der Waals surface area contributed by atoms with E-state index in [1.807, 2.05) is 4.68 Å². The second kappa shape index (κ2) is 5.80. The third kappa shape index (κ3) is 2.93. The van der Waals surface area contributed by atoms with Gasteiger partial charge in [0.15, 0.2) is 0 Å². The molecule has 1 heterocycles. The first-order chi connectivity index (χ1) is 9.78. The van der Waals surface area contributed by atoms with Crippen LogP contribution in [0.25, 0.3) is 5.69 Å². The molecule has 1 aromatic carbocycles. The molecule has 3 rings (SSSR count). The standard InChI is InChI=1S/C17H23N3/c1-3-9-18-12-15-6-7-16(11-13(15)2)20-10-8-17(19-20)14-4-5-14/h6-8,10-11,14,18H,3-5,9,12H2,1-2H3. The monoisotopic (exact) mass is 269 g/mol. The summed E-state index contributed by atoms with van der Waals surface area (Å²) in [5.41, 5.74) is 5.11. The second-order valence-corrected chi connectivity index (χ2v) is 5.75. The lowest BCUT2D eigenvalue weighted by Crippen LogP contribution is -2.14. The van der Waals surface area contributed by atoms with E-state index in [-0.39, 0.29) is 0 Å². The number of aryl methyl sites for hydroxylation is 1. The zero-order chi connectivity index (χ0) is 13.9. The molecule has 3 heteroatoms. The summed E-state index contributed by atoms with van der Waals surface area (Å²) in [4.78, 5) is 0. The number of hydrogen-bond acceptors (Lipinski definition) is 2. The molecule has 0 saturated heterocycles. The van der Waals surface area contributed by atoms with Crippen LogP contribution in [0.5, 0.6) is 0 Å². The normalized spacial score (nSPS) is 14.7. The third-order valence-corrected chi connectivity index (χ3v) is 3.94.